The molecule has 0 heterocycles. The molecule has 0 bridgehead atoms. The van der Waals surface area contributed by atoms with Gasteiger partial charge in [-0.3, -0.25) is 0 Å². The maximum atomic E-state index is 11.9. The molecular weight excluding hydrogens is 261 g/mol. The minimum atomic E-state index is 0.670. The van der Waals surface area contributed by atoms with Gasteiger partial charge in [0.1, 0.15) is 0 Å². The van der Waals surface area contributed by atoms with E-state index >= 15 is 0 Å². The Morgan fingerprint density at radius 1 is 1.05 bits per heavy atom. The lowest BCUT2D eigenvalue weighted by molar-refractivity contribution is 0.254. The molecule has 0 amide bonds. The molecule has 2 rings (SSSR count). The van der Waals surface area contributed by atoms with Crippen molar-refractivity contribution in [1.29, 1.82) is 5.26 Å². The van der Waals surface area contributed by atoms with Crippen LogP contribution in [0.5, 0.6) is 0 Å². The molecule has 0 atom stereocenters. The number of hydrogen-bond acceptors (Lipinski definition) is 1. The van der Waals surface area contributed by atoms with Crippen LogP contribution in [0.3, 0.4) is 0 Å². The van der Waals surface area contributed by atoms with Crippen molar-refractivity contribution < 1.29 is 4.39 Å². The Morgan fingerprint density at radius 2 is 1.67 bits per heavy atom. The normalized spacial score (nSPS) is 22.3. The molecular formula is C19H24FN. The van der Waals surface area contributed by atoms with Gasteiger partial charge in [-0.15, -0.1) is 0 Å². The number of allylic oxidation sites excluding steroid dienone is 1. The van der Waals surface area contributed by atoms with Crippen LogP contribution in [-0.4, -0.2) is 0 Å². The van der Waals surface area contributed by atoms with E-state index in [2.05, 4.69) is 18.2 Å². The molecule has 0 unspecified atom stereocenters. The Morgan fingerprint density at radius 3 is 2.24 bits per heavy atom. The van der Waals surface area contributed by atoms with E-state index in [-0.39, 0.29) is 0 Å². The predicted octanol–water partition coefficient (Wildman–Crippen LogP) is 5.56. The standard InChI is InChI=1S/C19H24FN/c20-14-2-1-3-16-4-6-17(7-5-16)8-9-18-10-12-19(15-21)13-11-18/h2,10-14,16-17H,1,3-9H2. The van der Waals surface area contributed by atoms with E-state index in [1.54, 1.807) is 6.08 Å². The molecule has 0 saturated heterocycles. The van der Waals surface area contributed by atoms with Crippen molar-refractivity contribution in [3.63, 3.8) is 0 Å². The van der Waals surface area contributed by atoms with Crippen molar-refractivity contribution in [2.45, 2.75) is 51.4 Å². The fourth-order valence-electron chi connectivity index (χ4n) is 3.32. The minimum absolute atomic E-state index is 0.670. The molecule has 2 heteroatoms. The second-order valence-corrected chi connectivity index (χ2v) is 6.17. The Hall–Kier alpha value is -1.62. The summed E-state index contributed by atoms with van der Waals surface area (Å²) in [4.78, 5) is 0. The maximum Gasteiger partial charge on any atom is 0.0991 e. The fraction of sp³-hybridized carbons (Fsp3) is 0.526. The second-order valence-electron chi connectivity index (χ2n) is 6.17. The third-order valence-electron chi connectivity index (χ3n) is 4.72. The van der Waals surface area contributed by atoms with Crippen LogP contribution in [0.4, 0.5) is 4.39 Å². The number of halogens is 1. The van der Waals surface area contributed by atoms with Crippen molar-refractivity contribution in [3.8, 4) is 6.07 Å². The van der Waals surface area contributed by atoms with Gasteiger partial charge < -0.3 is 0 Å². The molecule has 0 spiro atoms. The van der Waals surface area contributed by atoms with Crippen LogP contribution >= 0.6 is 0 Å². The van der Waals surface area contributed by atoms with Gasteiger partial charge in [0.15, 0.2) is 0 Å². The Bertz CT molecular complexity index is 475. The number of hydrogen-bond donors (Lipinski definition) is 0. The molecule has 0 aromatic heterocycles. The zero-order valence-corrected chi connectivity index (χ0v) is 12.6. The molecule has 1 nitrogen and oxygen atoms in total. The highest BCUT2D eigenvalue weighted by Crippen LogP contribution is 2.33. The smallest absolute Gasteiger partial charge is 0.0991 e. The molecule has 1 aromatic carbocycles. The van der Waals surface area contributed by atoms with Gasteiger partial charge in [0.25, 0.3) is 0 Å². The molecule has 1 fully saturated rings. The maximum absolute atomic E-state index is 11.9. The Labute approximate surface area is 127 Å². The van der Waals surface area contributed by atoms with Crippen LogP contribution in [0.2, 0.25) is 0 Å². The quantitative estimate of drug-likeness (QED) is 0.671. The molecule has 1 aromatic rings. The van der Waals surface area contributed by atoms with Crippen LogP contribution in [0.25, 0.3) is 0 Å². The highest BCUT2D eigenvalue weighted by Gasteiger charge is 2.20. The average Bonchev–Trinajstić information content (AvgIpc) is 2.55. The lowest BCUT2D eigenvalue weighted by Crippen LogP contribution is -2.15. The van der Waals surface area contributed by atoms with Gasteiger partial charge in [0.05, 0.1) is 18.0 Å². The molecule has 1 saturated carbocycles. The van der Waals surface area contributed by atoms with E-state index in [9.17, 15) is 4.39 Å². The number of nitrogens with zero attached hydrogens (tertiary/aromatic N) is 1. The Kier molecular flexibility index (Phi) is 6.47. The van der Waals surface area contributed by atoms with Crippen molar-refractivity contribution in [2.75, 3.05) is 0 Å². The highest BCUT2D eigenvalue weighted by atomic mass is 19.1. The third-order valence-corrected chi connectivity index (χ3v) is 4.72. The first kappa shape index (κ1) is 15.8. The van der Waals surface area contributed by atoms with Gasteiger partial charge in [0.2, 0.25) is 0 Å². The number of rotatable bonds is 6. The summed E-state index contributed by atoms with van der Waals surface area (Å²) in [6.07, 6.45) is 11.9. The third kappa shape index (κ3) is 5.34. The van der Waals surface area contributed by atoms with E-state index in [0.717, 1.165) is 36.7 Å². The summed E-state index contributed by atoms with van der Waals surface area (Å²) in [5.74, 6) is 1.64. The molecule has 0 N–H and O–H groups in total. The summed E-state index contributed by atoms with van der Waals surface area (Å²) in [6, 6.07) is 10.1. The summed E-state index contributed by atoms with van der Waals surface area (Å²) in [6.45, 7) is 0. The van der Waals surface area contributed by atoms with Crippen molar-refractivity contribution in [3.05, 3.63) is 47.8 Å². The lowest BCUT2D eigenvalue weighted by atomic mass is 9.78. The van der Waals surface area contributed by atoms with Crippen molar-refractivity contribution in [2.24, 2.45) is 11.8 Å². The van der Waals surface area contributed by atoms with Gasteiger partial charge in [-0.25, -0.2) is 4.39 Å². The molecule has 1 aliphatic carbocycles. The van der Waals surface area contributed by atoms with Crippen molar-refractivity contribution >= 4 is 0 Å². The lowest BCUT2D eigenvalue weighted by Gasteiger charge is -2.28. The first-order valence-electron chi connectivity index (χ1n) is 8.06. The van der Waals surface area contributed by atoms with Crippen molar-refractivity contribution in [1.82, 2.24) is 0 Å². The zero-order valence-electron chi connectivity index (χ0n) is 12.6. The van der Waals surface area contributed by atoms with Gasteiger partial charge in [-0.05, 0) is 55.2 Å². The minimum Gasteiger partial charge on any atom is -0.216 e. The highest BCUT2D eigenvalue weighted by molar-refractivity contribution is 5.31. The number of benzene rings is 1. The molecule has 21 heavy (non-hydrogen) atoms. The predicted molar refractivity (Wildman–Crippen MR) is 84.4 cm³/mol. The summed E-state index contributed by atoms with van der Waals surface area (Å²) in [5, 5.41) is 8.79. The second kappa shape index (κ2) is 8.62. The monoisotopic (exact) mass is 285 g/mol. The van der Waals surface area contributed by atoms with Crippen LogP contribution < -0.4 is 0 Å². The summed E-state index contributed by atoms with van der Waals surface area (Å²) < 4.78 is 11.9. The van der Waals surface area contributed by atoms with Gasteiger partial charge in [-0.2, -0.15) is 5.26 Å². The molecule has 0 radical (unpaired) electrons. The van der Waals surface area contributed by atoms with E-state index in [4.69, 9.17) is 5.26 Å². The molecule has 112 valence electrons. The SMILES string of the molecule is N#Cc1ccc(CCC2CCC(CCC=CF)CC2)cc1. The van der Waals surface area contributed by atoms with Crippen LogP contribution in [0.1, 0.15) is 56.1 Å². The van der Waals surface area contributed by atoms with E-state index in [1.807, 2.05) is 12.1 Å². The van der Waals surface area contributed by atoms with E-state index < -0.39 is 0 Å². The van der Waals surface area contributed by atoms with Crippen LogP contribution in [0, 0.1) is 23.2 Å². The molecule has 0 aliphatic heterocycles. The fourth-order valence-corrected chi connectivity index (χ4v) is 3.32. The average molecular weight is 285 g/mol. The van der Waals surface area contributed by atoms with E-state index in [1.165, 1.54) is 37.7 Å². The number of aryl methyl sites for hydroxylation is 1. The summed E-state index contributed by atoms with van der Waals surface area (Å²) >= 11 is 0. The molecule has 1 aliphatic rings. The Balaban J connectivity index is 1.67. The van der Waals surface area contributed by atoms with Gasteiger partial charge >= 0.3 is 0 Å². The largest absolute Gasteiger partial charge is 0.216 e. The van der Waals surface area contributed by atoms with Gasteiger partial charge in [-0.1, -0.05) is 43.9 Å². The zero-order chi connectivity index (χ0) is 14.9. The topological polar surface area (TPSA) is 23.8 Å². The van der Waals surface area contributed by atoms with Gasteiger partial charge in [0, 0.05) is 0 Å². The van der Waals surface area contributed by atoms with Crippen LogP contribution in [0.15, 0.2) is 36.7 Å². The summed E-state index contributed by atoms with van der Waals surface area (Å²) in [5.41, 5.74) is 2.07. The summed E-state index contributed by atoms with van der Waals surface area (Å²) in [7, 11) is 0. The first-order valence-corrected chi connectivity index (χ1v) is 8.06. The number of nitriles is 1. The first-order chi connectivity index (χ1) is 10.3. The van der Waals surface area contributed by atoms with E-state index in [0.29, 0.717) is 6.33 Å². The van der Waals surface area contributed by atoms with Crippen LogP contribution in [-0.2, 0) is 6.42 Å².